The molecule has 0 fully saturated rings. The molecule has 0 aliphatic carbocycles. The number of pyridine rings is 1. The Morgan fingerprint density at radius 1 is 1.23 bits per heavy atom. The summed E-state index contributed by atoms with van der Waals surface area (Å²) < 4.78 is 0. The third kappa shape index (κ3) is 4.59. The van der Waals surface area contributed by atoms with Crippen LogP contribution in [0.3, 0.4) is 0 Å². The van der Waals surface area contributed by atoms with E-state index in [4.69, 9.17) is 0 Å². The van der Waals surface area contributed by atoms with Crippen molar-refractivity contribution in [1.82, 2.24) is 9.88 Å². The second-order valence-corrected chi connectivity index (χ2v) is 6.54. The van der Waals surface area contributed by atoms with Gasteiger partial charge in [0.05, 0.1) is 11.3 Å². The van der Waals surface area contributed by atoms with Crippen LogP contribution in [0.15, 0.2) is 41.3 Å². The number of nitriles is 1. The molecule has 0 amide bonds. The normalized spacial score (nSPS) is 10.7. The van der Waals surface area contributed by atoms with Crippen molar-refractivity contribution >= 4 is 11.8 Å². The van der Waals surface area contributed by atoms with Gasteiger partial charge in [0, 0.05) is 29.4 Å². The van der Waals surface area contributed by atoms with Crippen LogP contribution in [0.4, 0.5) is 0 Å². The fraction of sp³-hybridized carbons (Fsp3) is 0.333. The highest BCUT2D eigenvalue weighted by Gasteiger charge is 2.09. The van der Waals surface area contributed by atoms with Gasteiger partial charge in [-0.3, -0.25) is 4.98 Å². The van der Waals surface area contributed by atoms with Gasteiger partial charge in [0.1, 0.15) is 6.07 Å². The molecule has 3 nitrogen and oxygen atoms in total. The van der Waals surface area contributed by atoms with E-state index < -0.39 is 0 Å². The molecule has 2 aromatic rings. The summed E-state index contributed by atoms with van der Waals surface area (Å²) in [7, 11) is 2.13. The van der Waals surface area contributed by atoms with Crippen LogP contribution in [0, 0.1) is 25.2 Å². The number of hydrogen-bond acceptors (Lipinski definition) is 4. The van der Waals surface area contributed by atoms with Crippen LogP contribution in [-0.2, 0) is 6.54 Å². The summed E-state index contributed by atoms with van der Waals surface area (Å²) in [5, 5.41) is 9.28. The van der Waals surface area contributed by atoms with Gasteiger partial charge in [-0.2, -0.15) is 5.26 Å². The molecule has 1 heterocycles. The number of hydrogen-bond donors (Lipinski definition) is 0. The Labute approximate surface area is 137 Å². The topological polar surface area (TPSA) is 39.9 Å². The van der Waals surface area contributed by atoms with Gasteiger partial charge in [-0.15, -0.1) is 11.8 Å². The van der Waals surface area contributed by atoms with Crippen molar-refractivity contribution in [2.75, 3.05) is 19.3 Å². The fourth-order valence-electron chi connectivity index (χ4n) is 2.33. The van der Waals surface area contributed by atoms with Gasteiger partial charge < -0.3 is 4.90 Å². The van der Waals surface area contributed by atoms with E-state index in [0.29, 0.717) is 5.56 Å². The maximum absolute atomic E-state index is 9.28. The third-order valence-corrected chi connectivity index (χ3v) is 4.45. The molecular formula is C18H21N3S. The molecule has 2 rings (SSSR count). The Balaban J connectivity index is 1.90. The number of aryl methyl sites for hydroxylation is 2. The highest BCUT2D eigenvalue weighted by atomic mass is 32.2. The molecule has 0 aliphatic rings. The summed E-state index contributed by atoms with van der Waals surface area (Å²) in [6, 6.07) is 14.7. The Morgan fingerprint density at radius 2 is 1.95 bits per heavy atom. The first-order valence-corrected chi connectivity index (χ1v) is 8.32. The number of nitrogens with zero attached hydrogens (tertiary/aromatic N) is 3. The second-order valence-electron chi connectivity index (χ2n) is 5.41. The van der Waals surface area contributed by atoms with Crippen molar-refractivity contribution in [1.29, 1.82) is 5.26 Å². The Morgan fingerprint density at radius 3 is 2.64 bits per heavy atom. The molecule has 0 radical (unpaired) electrons. The van der Waals surface area contributed by atoms with E-state index in [-0.39, 0.29) is 0 Å². The summed E-state index contributed by atoms with van der Waals surface area (Å²) >= 11 is 1.73. The van der Waals surface area contributed by atoms with Crippen LogP contribution < -0.4 is 0 Å². The van der Waals surface area contributed by atoms with Crippen LogP contribution in [0.25, 0.3) is 0 Å². The van der Waals surface area contributed by atoms with Gasteiger partial charge in [-0.25, -0.2) is 0 Å². The van der Waals surface area contributed by atoms with E-state index in [2.05, 4.69) is 47.3 Å². The second kappa shape index (κ2) is 7.98. The lowest BCUT2D eigenvalue weighted by molar-refractivity contribution is 0.348. The molecule has 4 heteroatoms. The lowest BCUT2D eigenvalue weighted by Gasteiger charge is -2.16. The standard InChI is InChI=1S/C18H21N3S/c1-14-11-18(17(12-19)15(2)20-14)22-10-9-21(3)13-16-7-5-4-6-8-16/h4-8,11H,9-10,13H2,1-3H3. The average molecular weight is 311 g/mol. The molecule has 0 saturated carbocycles. The van der Waals surface area contributed by atoms with Crippen LogP contribution >= 0.6 is 11.8 Å². The Kier molecular flexibility index (Phi) is 6.00. The molecule has 0 bridgehead atoms. The van der Waals surface area contributed by atoms with E-state index in [0.717, 1.165) is 35.1 Å². The van der Waals surface area contributed by atoms with Crippen molar-refractivity contribution in [2.45, 2.75) is 25.3 Å². The molecule has 1 aromatic carbocycles. The zero-order valence-corrected chi connectivity index (χ0v) is 14.2. The monoisotopic (exact) mass is 311 g/mol. The van der Waals surface area contributed by atoms with E-state index in [1.54, 1.807) is 11.8 Å². The number of aromatic nitrogens is 1. The largest absolute Gasteiger partial charge is 0.301 e. The Bertz CT molecular complexity index is 662. The minimum Gasteiger partial charge on any atom is -0.301 e. The summed E-state index contributed by atoms with van der Waals surface area (Å²) in [6.45, 7) is 5.79. The fourth-order valence-corrected chi connectivity index (χ4v) is 3.54. The first kappa shape index (κ1) is 16.5. The van der Waals surface area contributed by atoms with Crippen LogP contribution in [-0.4, -0.2) is 29.2 Å². The highest BCUT2D eigenvalue weighted by Crippen LogP contribution is 2.25. The van der Waals surface area contributed by atoms with Gasteiger partial charge in [0.25, 0.3) is 0 Å². The molecule has 0 unspecified atom stereocenters. The maximum Gasteiger partial charge on any atom is 0.102 e. The molecule has 1 aromatic heterocycles. The predicted molar refractivity (Wildman–Crippen MR) is 91.9 cm³/mol. The first-order chi connectivity index (χ1) is 10.6. The lowest BCUT2D eigenvalue weighted by Crippen LogP contribution is -2.20. The Hall–Kier alpha value is -1.83. The molecule has 0 aliphatic heterocycles. The molecule has 0 N–H and O–H groups in total. The number of rotatable bonds is 6. The van der Waals surface area contributed by atoms with E-state index in [9.17, 15) is 5.26 Å². The zero-order chi connectivity index (χ0) is 15.9. The summed E-state index contributed by atoms with van der Waals surface area (Å²) in [5.74, 6) is 0.959. The molecule has 0 saturated heterocycles. The van der Waals surface area contributed by atoms with Gasteiger partial charge in [-0.1, -0.05) is 30.3 Å². The highest BCUT2D eigenvalue weighted by molar-refractivity contribution is 7.99. The van der Waals surface area contributed by atoms with E-state index in [1.165, 1.54) is 5.56 Å². The van der Waals surface area contributed by atoms with Crippen molar-refractivity contribution in [3.8, 4) is 6.07 Å². The minimum absolute atomic E-state index is 0.710. The van der Waals surface area contributed by atoms with E-state index >= 15 is 0 Å². The maximum atomic E-state index is 9.28. The number of benzene rings is 1. The van der Waals surface area contributed by atoms with Crippen molar-refractivity contribution in [3.05, 3.63) is 58.9 Å². The summed E-state index contributed by atoms with van der Waals surface area (Å²) in [5.41, 5.74) is 3.82. The molecule has 0 spiro atoms. The van der Waals surface area contributed by atoms with Crippen molar-refractivity contribution < 1.29 is 0 Å². The molecule has 0 atom stereocenters. The quantitative estimate of drug-likeness (QED) is 0.761. The zero-order valence-electron chi connectivity index (χ0n) is 13.3. The van der Waals surface area contributed by atoms with Gasteiger partial charge in [-0.05, 0) is 32.5 Å². The summed E-state index contributed by atoms with van der Waals surface area (Å²) in [4.78, 5) is 7.70. The average Bonchev–Trinajstić information content (AvgIpc) is 2.48. The lowest BCUT2D eigenvalue weighted by atomic mass is 10.2. The molecule has 22 heavy (non-hydrogen) atoms. The minimum atomic E-state index is 0.710. The third-order valence-electron chi connectivity index (χ3n) is 3.43. The first-order valence-electron chi connectivity index (χ1n) is 7.33. The summed E-state index contributed by atoms with van der Waals surface area (Å²) in [6.07, 6.45) is 0. The van der Waals surface area contributed by atoms with Gasteiger partial charge in [0.15, 0.2) is 0 Å². The SMILES string of the molecule is Cc1cc(SCCN(C)Cc2ccccc2)c(C#N)c(C)n1. The molecular weight excluding hydrogens is 290 g/mol. The van der Waals surface area contributed by atoms with Gasteiger partial charge >= 0.3 is 0 Å². The van der Waals surface area contributed by atoms with Crippen LogP contribution in [0.5, 0.6) is 0 Å². The van der Waals surface area contributed by atoms with Gasteiger partial charge in [0.2, 0.25) is 0 Å². The smallest absolute Gasteiger partial charge is 0.102 e. The van der Waals surface area contributed by atoms with Crippen LogP contribution in [0.2, 0.25) is 0 Å². The van der Waals surface area contributed by atoms with Crippen molar-refractivity contribution in [3.63, 3.8) is 0 Å². The van der Waals surface area contributed by atoms with Crippen LogP contribution in [0.1, 0.15) is 22.5 Å². The van der Waals surface area contributed by atoms with E-state index in [1.807, 2.05) is 26.0 Å². The number of thioether (sulfide) groups is 1. The predicted octanol–water partition coefficient (Wildman–Crippen LogP) is 3.79. The molecule has 114 valence electrons. The van der Waals surface area contributed by atoms with Crippen molar-refractivity contribution in [2.24, 2.45) is 0 Å².